The number of carbonyl (C=O) groups is 3. The molecule has 7 heteroatoms. The number of hydrogen-bond acceptors (Lipinski definition) is 4. The van der Waals surface area contributed by atoms with Crippen molar-refractivity contribution in [3.8, 4) is 5.75 Å². The minimum absolute atomic E-state index is 0.0228. The van der Waals surface area contributed by atoms with Gasteiger partial charge < -0.3 is 19.9 Å². The van der Waals surface area contributed by atoms with Crippen LogP contribution >= 0.6 is 0 Å². The zero-order valence-corrected chi connectivity index (χ0v) is 14.9. The van der Waals surface area contributed by atoms with E-state index in [0.717, 1.165) is 5.56 Å². The zero-order valence-electron chi connectivity index (χ0n) is 14.9. The van der Waals surface area contributed by atoms with Gasteiger partial charge in [0.15, 0.2) is 6.61 Å². The molecule has 136 valence electrons. The number of ether oxygens (including phenoxy) is 1. The number of rotatable bonds is 6. The lowest BCUT2D eigenvalue weighted by molar-refractivity contribution is -0.147. The van der Waals surface area contributed by atoms with E-state index in [2.05, 4.69) is 5.32 Å². The molecule has 0 aliphatic carbocycles. The minimum atomic E-state index is -0.235. The predicted molar refractivity (Wildman–Crippen MR) is 93.1 cm³/mol. The molecule has 0 aromatic heterocycles. The molecule has 1 aromatic carbocycles. The summed E-state index contributed by atoms with van der Waals surface area (Å²) in [6, 6.07) is 7.48. The summed E-state index contributed by atoms with van der Waals surface area (Å²) in [6.45, 7) is 6.32. The fourth-order valence-corrected chi connectivity index (χ4v) is 2.57. The third-order valence-corrected chi connectivity index (χ3v) is 3.81. The first-order valence-electron chi connectivity index (χ1n) is 8.39. The second-order valence-electron chi connectivity index (χ2n) is 6.46. The van der Waals surface area contributed by atoms with Crippen LogP contribution in [0.15, 0.2) is 24.3 Å². The van der Waals surface area contributed by atoms with Crippen molar-refractivity contribution in [2.75, 3.05) is 32.8 Å². The highest BCUT2D eigenvalue weighted by molar-refractivity contribution is 5.89. The van der Waals surface area contributed by atoms with Gasteiger partial charge in [-0.2, -0.15) is 0 Å². The van der Waals surface area contributed by atoms with E-state index < -0.39 is 0 Å². The van der Waals surface area contributed by atoms with Crippen LogP contribution in [-0.2, 0) is 14.4 Å². The van der Waals surface area contributed by atoms with Crippen molar-refractivity contribution < 1.29 is 19.1 Å². The normalized spacial score (nSPS) is 14.6. The molecule has 2 rings (SSSR count). The highest BCUT2D eigenvalue weighted by atomic mass is 16.5. The monoisotopic (exact) mass is 347 g/mol. The van der Waals surface area contributed by atoms with E-state index in [9.17, 15) is 14.4 Å². The summed E-state index contributed by atoms with van der Waals surface area (Å²) in [4.78, 5) is 39.1. The van der Waals surface area contributed by atoms with Crippen LogP contribution in [0, 0.1) is 6.92 Å². The van der Waals surface area contributed by atoms with Gasteiger partial charge in [0.1, 0.15) is 5.75 Å². The lowest BCUT2D eigenvalue weighted by Crippen LogP contribution is -2.55. The SMILES string of the molecule is Cc1cccc(OCC(=O)N2CCN(CC(=O)NC(C)C)C(=O)C2)c1. The Morgan fingerprint density at radius 1 is 1.28 bits per heavy atom. The largest absolute Gasteiger partial charge is 0.484 e. The zero-order chi connectivity index (χ0) is 18.4. The molecule has 1 aliphatic rings. The van der Waals surface area contributed by atoms with Crippen LogP contribution in [0.4, 0.5) is 0 Å². The smallest absolute Gasteiger partial charge is 0.261 e. The average Bonchev–Trinajstić information content (AvgIpc) is 2.54. The number of piperazine rings is 1. The third kappa shape index (κ3) is 5.77. The third-order valence-electron chi connectivity index (χ3n) is 3.81. The van der Waals surface area contributed by atoms with Crippen molar-refractivity contribution in [3.05, 3.63) is 29.8 Å². The standard InChI is InChI=1S/C18H25N3O4/c1-13(2)19-16(22)10-20-7-8-21(11-17(20)23)18(24)12-25-15-6-4-5-14(3)9-15/h4-6,9,13H,7-8,10-12H2,1-3H3,(H,19,22). The summed E-state index contributed by atoms with van der Waals surface area (Å²) < 4.78 is 5.49. The van der Waals surface area contributed by atoms with E-state index in [-0.39, 0.29) is 43.5 Å². The molecule has 7 nitrogen and oxygen atoms in total. The Bertz CT molecular complexity index is 645. The van der Waals surface area contributed by atoms with Crippen LogP contribution in [0.1, 0.15) is 19.4 Å². The molecule has 1 aliphatic heterocycles. The quantitative estimate of drug-likeness (QED) is 0.816. The molecule has 0 spiro atoms. The van der Waals surface area contributed by atoms with E-state index >= 15 is 0 Å². The fraction of sp³-hybridized carbons (Fsp3) is 0.500. The number of aryl methyl sites for hydroxylation is 1. The molecule has 1 heterocycles. The van der Waals surface area contributed by atoms with Crippen LogP contribution in [0.3, 0.4) is 0 Å². The van der Waals surface area contributed by atoms with E-state index in [0.29, 0.717) is 18.8 Å². The van der Waals surface area contributed by atoms with Crippen LogP contribution < -0.4 is 10.1 Å². The molecular formula is C18H25N3O4. The summed E-state index contributed by atoms with van der Waals surface area (Å²) in [5, 5.41) is 2.75. The lowest BCUT2D eigenvalue weighted by atomic mass is 10.2. The molecule has 0 saturated carbocycles. The van der Waals surface area contributed by atoms with Gasteiger partial charge >= 0.3 is 0 Å². The Morgan fingerprint density at radius 2 is 2.04 bits per heavy atom. The van der Waals surface area contributed by atoms with Crippen molar-refractivity contribution in [2.24, 2.45) is 0 Å². The maximum Gasteiger partial charge on any atom is 0.261 e. The van der Waals surface area contributed by atoms with Crippen LogP contribution in [0.25, 0.3) is 0 Å². The maximum atomic E-state index is 12.2. The molecule has 0 unspecified atom stereocenters. The van der Waals surface area contributed by atoms with Crippen LogP contribution in [-0.4, -0.2) is 66.3 Å². The molecule has 1 fully saturated rings. The summed E-state index contributed by atoms with van der Waals surface area (Å²) in [6.07, 6.45) is 0. The van der Waals surface area contributed by atoms with Crippen molar-refractivity contribution in [1.29, 1.82) is 0 Å². The van der Waals surface area contributed by atoms with Gasteiger partial charge in [-0.05, 0) is 38.5 Å². The second-order valence-corrected chi connectivity index (χ2v) is 6.46. The first kappa shape index (κ1) is 18.8. The number of nitrogens with zero attached hydrogens (tertiary/aromatic N) is 2. The highest BCUT2D eigenvalue weighted by Gasteiger charge is 2.28. The second kappa shape index (κ2) is 8.50. The predicted octanol–water partition coefficient (Wildman–Crippen LogP) is 0.569. The maximum absolute atomic E-state index is 12.2. The van der Waals surface area contributed by atoms with Crippen molar-refractivity contribution in [2.45, 2.75) is 26.8 Å². The molecule has 0 radical (unpaired) electrons. The molecule has 0 bridgehead atoms. The Kier molecular flexibility index (Phi) is 6.38. The van der Waals surface area contributed by atoms with E-state index in [1.165, 1.54) is 9.80 Å². The van der Waals surface area contributed by atoms with Gasteiger partial charge in [-0.1, -0.05) is 12.1 Å². The van der Waals surface area contributed by atoms with Gasteiger partial charge in [-0.15, -0.1) is 0 Å². The number of amides is 3. The van der Waals surface area contributed by atoms with E-state index in [4.69, 9.17) is 4.74 Å². The van der Waals surface area contributed by atoms with Gasteiger partial charge in [0.05, 0.1) is 13.1 Å². The highest BCUT2D eigenvalue weighted by Crippen LogP contribution is 2.13. The molecule has 1 aromatic rings. The average molecular weight is 347 g/mol. The minimum Gasteiger partial charge on any atom is -0.484 e. The lowest BCUT2D eigenvalue weighted by Gasteiger charge is -2.34. The summed E-state index contributed by atoms with van der Waals surface area (Å²) >= 11 is 0. The Labute approximate surface area is 147 Å². The Balaban J connectivity index is 1.80. The van der Waals surface area contributed by atoms with Crippen molar-refractivity contribution in [3.63, 3.8) is 0 Å². The summed E-state index contributed by atoms with van der Waals surface area (Å²) in [5.74, 6) is -0.0234. The van der Waals surface area contributed by atoms with E-state index in [1.54, 1.807) is 6.07 Å². The number of benzene rings is 1. The van der Waals surface area contributed by atoms with Gasteiger partial charge in [-0.25, -0.2) is 0 Å². The molecule has 25 heavy (non-hydrogen) atoms. The first-order chi connectivity index (χ1) is 11.8. The Morgan fingerprint density at radius 3 is 2.68 bits per heavy atom. The number of carbonyl (C=O) groups excluding carboxylic acids is 3. The first-order valence-corrected chi connectivity index (χ1v) is 8.39. The van der Waals surface area contributed by atoms with Gasteiger partial charge in [-0.3, -0.25) is 14.4 Å². The summed E-state index contributed by atoms with van der Waals surface area (Å²) in [7, 11) is 0. The van der Waals surface area contributed by atoms with E-state index in [1.807, 2.05) is 39.0 Å². The fourth-order valence-electron chi connectivity index (χ4n) is 2.57. The van der Waals surface area contributed by atoms with Crippen LogP contribution in [0.5, 0.6) is 5.75 Å². The van der Waals surface area contributed by atoms with Crippen LogP contribution in [0.2, 0.25) is 0 Å². The van der Waals surface area contributed by atoms with Crippen molar-refractivity contribution in [1.82, 2.24) is 15.1 Å². The van der Waals surface area contributed by atoms with Gasteiger partial charge in [0.25, 0.3) is 5.91 Å². The van der Waals surface area contributed by atoms with Crippen molar-refractivity contribution >= 4 is 17.7 Å². The Hall–Kier alpha value is -2.57. The van der Waals surface area contributed by atoms with Gasteiger partial charge in [0, 0.05) is 19.1 Å². The summed E-state index contributed by atoms with van der Waals surface area (Å²) in [5.41, 5.74) is 1.05. The molecule has 1 saturated heterocycles. The number of hydrogen-bond donors (Lipinski definition) is 1. The molecule has 3 amide bonds. The van der Waals surface area contributed by atoms with Gasteiger partial charge in [0.2, 0.25) is 11.8 Å². The number of nitrogens with one attached hydrogen (secondary N) is 1. The molecule has 0 atom stereocenters. The molecular weight excluding hydrogens is 322 g/mol. The topological polar surface area (TPSA) is 79.0 Å². The molecule has 1 N–H and O–H groups in total.